The fourth-order valence-electron chi connectivity index (χ4n) is 18.4. The van der Waals surface area contributed by atoms with Crippen molar-refractivity contribution < 1.29 is 39.3 Å². The van der Waals surface area contributed by atoms with Crippen LogP contribution in [0.1, 0.15) is 65.3 Å². The second kappa shape index (κ2) is 32.9. The molecule has 15 aromatic rings. The number of benzene rings is 10. The summed E-state index contributed by atoms with van der Waals surface area (Å²) in [4.78, 5) is 113. The van der Waals surface area contributed by atoms with E-state index in [0.29, 0.717) is 92.0 Å². The van der Waals surface area contributed by atoms with Gasteiger partial charge in [0.1, 0.15) is 17.2 Å². The largest absolute Gasteiger partial charge is 0.508 e. The highest BCUT2D eigenvalue weighted by Gasteiger charge is 2.42. The van der Waals surface area contributed by atoms with E-state index in [1.165, 1.54) is 24.3 Å². The number of aromatic nitrogens is 9. The Balaban J connectivity index is 0.000000116. The number of aromatic hydroxyl groups is 3. The van der Waals surface area contributed by atoms with E-state index in [1.54, 1.807) is 96.5 Å². The molecule has 0 spiro atoms. The maximum absolute atomic E-state index is 13.2. The summed E-state index contributed by atoms with van der Waals surface area (Å²) >= 11 is 0. The molecule has 0 radical (unpaired) electrons. The van der Waals surface area contributed by atoms with Gasteiger partial charge in [0.2, 0.25) is 23.6 Å². The second-order valence-corrected chi connectivity index (χ2v) is 32.0. The quantitative estimate of drug-likeness (QED) is 0.0671. The molecule has 0 aliphatic carbocycles. The van der Waals surface area contributed by atoms with Crippen molar-refractivity contribution in [2.45, 2.75) is 63.3 Å². The van der Waals surface area contributed by atoms with Gasteiger partial charge in [-0.05, 0) is 196 Å². The van der Waals surface area contributed by atoms with E-state index >= 15 is 0 Å². The van der Waals surface area contributed by atoms with Crippen LogP contribution in [0.5, 0.6) is 17.2 Å². The molecule has 4 saturated heterocycles. The molecule has 5 aromatic heterocycles. The number of nitrogens with zero attached hydrogens (tertiary/aromatic N) is 13. The molecule has 26 heteroatoms. The zero-order valence-corrected chi connectivity index (χ0v) is 68.5. The third-order valence-corrected chi connectivity index (χ3v) is 24.7. The molecule has 123 heavy (non-hydrogen) atoms. The Bertz CT molecular complexity index is 7070. The lowest BCUT2D eigenvalue weighted by atomic mass is 9.96. The van der Waals surface area contributed by atoms with Crippen LogP contribution < -0.4 is 22.0 Å². The predicted octanol–water partition coefficient (Wildman–Crippen LogP) is 14.2. The molecular formula is C97H91N15O11. The molecule has 0 saturated carbocycles. The minimum Gasteiger partial charge on any atom is -0.508 e. The zero-order valence-electron chi connectivity index (χ0n) is 68.5. The van der Waals surface area contributed by atoms with E-state index in [1.807, 2.05) is 150 Å². The lowest BCUT2D eigenvalue weighted by Crippen LogP contribution is -2.60. The third-order valence-electron chi connectivity index (χ3n) is 24.7. The van der Waals surface area contributed by atoms with Crippen molar-refractivity contribution in [1.29, 1.82) is 0 Å². The van der Waals surface area contributed by atoms with Crippen molar-refractivity contribution in [2.75, 3.05) is 57.7 Å². The van der Waals surface area contributed by atoms with E-state index in [0.717, 1.165) is 130 Å². The van der Waals surface area contributed by atoms with Crippen LogP contribution in [0.2, 0.25) is 0 Å². The number of aryl methyl sites for hydroxylation is 1. The number of carbonyl (C=O) groups excluding carboxylic acids is 5. The second-order valence-electron chi connectivity index (χ2n) is 32.0. The number of anilines is 2. The zero-order chi connectivity index (χ0) is 85.9. The Morgan fingerprint density at radius 2 is 0.870 bits per heavy atom. The highest BCUT2D eigenvalue weighted by molar-refractivity contribution is 6.07. The number of piperidine rings is 2. The van der Waals surface area contributed by atoms with Crippen LogP contribution in [-0.2, 0) is 46.9 Å². The maximum atomic E-state index is 13.2. The highest BCUT2D eigenvalue weighted by Crippen LogP contribution is 2.42. The van der Waals surface area contributed by atoms with Gasteiger partial charge in [-0.1, -0.05) is 123 Å². The highest BCUT2D eigenvalue weighted by atomic mass is 16.3. The molecule has 5 N–H and O–H groups in total. The molecule has 4 fully saturated rings. The Hall–Kier alpha value is -15.1. The van der Waals surface area contributed by atoms with Crippen LogP contribution in [0.15, 0.2) is 260 Å². The van der Waals surface area contributed by atoms with Crippen molar-refractivity contribution in [2.24, 2.45) is 21.1 Å². The van der Waals surface area contributed by atoms with Crippen LogP contribution >= 0.6 is 0 Å². The molecule has 0 bridgehead atoms. The summed E-state index contributed by atoms with van der Waals surface area (Å²) in [5.74, 6) is 0.184. The Kier molecular flexibility index (Phi) is 21.5. The number of nitrogens with one attached hydrogen (secondary N) is 2. The average molecular weight is 1640 g/mol. The summed E-state index contributed by atoms with van der Waals surface area (Å²) in [7, 11) is 5.38. The fourth-order valence-corrected chi connectivity index (χ4v) is 18.4. The van der Waals surface area contributed by atoms with Crippen molar-refractivity contribution in [3.63, 3.8) is 0 Å². The number of pyridine rings is 1. The minimum atomic E-state index is -0.116. The Labute approximate surface area is 705 Å². The van der Waals surface area contributed by atoms with Gasteiger partial charge < -0.3 is 45.1 Å². The van der Waals surface area contributed by atoms with E-state index < -0.39 is 0 Å². The van der Waals surface area contributed by atoms with Gasteiger partial charge in [-0.15, -0.1) is 0 Å². The molecule has 10 heterocycles. The van der Waals surface area contributed by atoms with Gasteiger partial charge in [0.25, 0.3) is 22.6 Å². The van der Waals surface area contributed by atoms with Crippen molar-refractivity contribution in [1.82, 2.24) is 67.8 Å². The molecule has 0 unspecified atom stereocenters. The summed E-state index contributed by atoms with van der Waals surface area (Å²) in [6.45, 7) is 21.5. The molecule has 5 amide bonds. The van der Waals surface area contributed by atoms with Gasteiger partial charge in [-0.2, -0.15) is 5.10 Å². The first-order valence-corrected chi connectivity index (χ1v) is 40.9. The maximum Gasteiger partial charge on any atom is 0.274 e. The predicted molar refractivity (Wildman–Crippen MR) is 480 cm³/mol. The number of likely N-dealkylation sites (tertiary alicyclic amines) is 4. The normalized spacial score (nSPS) is 15.0. The Morgan fingerprint density at radius 3 is 1.41 bits per heavy atom. The number of hydrogen-bond acceptors (Lipinski definition) is 14. The fraction of sp³-hybridized carbons (Fsp3) is 0.216. The summed E-state index contributed by atoms with van der Waals surface area (Å²) in [6.07, 6.45) is 13.7. The first-order chi connectivity index (χ1) is 59.5. The SMILES string of the molecule is C=CC(=O)N1CC(N2Cc3cncc(Nc4cc(O)cc5ccccc45)c3C2=O)C1.C=CC(=O)N1CC(n2c3cc(-c4cc(O)cc5ccccc45)ccc3c(=O)n2C)C1.C=CC(=O)N1CCC(n2c3ccc(-c4c(C)ccc5[nH]ncc45)cc3c(=O)n2C)CC1.C=CC(=O)N1CCC(n2c3ccc(-c4cc(O)cc5ccccc45)cc3c(=O)n2C)CC1. The molecule has 0 atom stereocenters. The first-order valence-electron chi connectivity index (χ1n) is 40.9. The number of fused-ring (bicyclic) bond motifs is 8. The first kappa shape index (κ1) is 80.3. The third kappa shape index (κ3) is 14.8. The van der Waals surface area contributed by atoms with Gasteiger partial charge in [0, 0.05) is 109 Å². The van der Waals surface area contributed by atoms with Crippen LogP contribution in [0, 0.1) is 6.92 Å². The summed E-state index contributed by atoms with van der Waals surface area (Å²) < 4.78 is 11.2. The van der Waals surface area contributed by atoms with Crippen molar-refractivity contribution >= 4 is 117 Å². The lowest BCUT2D eigenvalue weighted by molar-refractivity contribution is -0.133. The number of rotatable bonds is 13. The number of amides is 5. The number of carbonyl (C=O) groups is 5. The van der Waals surface area contributed by atoms with Crippen molar-refractivity contribution in [3.8, 4) is 50.6 Å². The summed E-state index contributed by atoms with van der Waals surface area (Å²) in [5.41, 5.74) is 13.1. The van der Waals surface area contributed by atoms with E-state index in [4.69, 9.17) is 0 Å². The molecule has 10 aromatic carbocycles. The molecule has 20 rings (SSSR count). The van der Waals surface area contributed by atoms with E-state index in [9.17, 15) is 53.7 Å². The molecule has 620 valence electrons. The Morgan fingerprint density at radius 1 is 0.423 bits per heavy atom. The number of phenols is 3. The van der Waals surface area contributed by atoms with Crippen LogP contribution in [0.3, 0.4) is 0 Å². The van der Waals surface area contributed by atoms with Gasteiger partial charge in [0.05, 0.1) is 91.7 Å². The van der Waals surface area contributed by atoms with Gasteiger partial charge in [0.15, 0.2) is 0 Å². The minimum absolute atomic E-state index is 0.00142. The monoisotopic (exact) mass is 1640 g/mol. The smallest absolute Gasteiger partial charge is 0.274 e. The van der Waals surface area contributed by atoms with Crippen LogP contribution in [0.4, 0.5) is 11.4 Å². The molecule has 5 aliphatic rings. The van der Waals surface area contributed by atoms with Gasteiger partial charge in [-0.3, -0.25) is 76.5 Å². The molecule has 5 aliphatic heterocycles. The summed E-state index contributed by atoms with van der Waals surface area (Å²) in [5, 5.41) is 49.9. The van der Waals surface area contributed by atoms with Crippen LogP contribution in [-0.4, -0.2) is 171 Å². The molecule has 26 nitrogen and oxygen atoms in total. The lowest BCUT2D eigenvalue weighted by Gasteiger charge is -2.43. The van der Waals surface area contributed by atoms with Gasteiger partial charge >= 0.3 is 0 Å². The van der Waals surface area contributed by atoms with Crippen LogP contribution in [0.25, 0.3) is 109 Å². The number of hydrogen-bond donors (Lipinski definition) is 5. The standard InChI is InChI=1S/C26H25N3O3.C24H25N5O2.C24H21N3O3.C23H20N4O3/c1-3-25(31)28-12-10-19(11-13-28)29-24-9-8-18(15-23(24)26(32)27(29)2)22-16-20(30)14-17-6-4-5-7-21(17)22;1-4-22(30)28-11-9-17(10-12-28)29-21-8-6-16(13-18(21)24(31)27(29)3)23-15(2)5-7-20-19(23)14-25-26-20;1-3-23(29)26-13-17(14-26)27-22-11-16(8-9-20(22)24(30)25(27)2)21-12-18(28)10-15-6-4-5-7-19(15)21;1-2-21(29)26-12-16(13-26)27-11-15-9-24-10-20(22(15)23(27)30)25-19-8-17(28)7-14-5-3-4-6-18(14)19/h3-9,14-16,19,30H,1,10-13H2,2H3;4-8,13-14,17H,1,9-12H2,2-3H3,(H,25,26);3-12,17,28H,1,13-14H2,2H3;2-10,16,25,28H,1,11-13H2. The van der Waals surface area contributed by atoms with Gasteiger partial charge in [-0.25, -0.2) is 0 Å². The average Bonchev–Trinajstić information content (AvgIpc) is 1.63. The summed E-state index contributed by atoms with van der Waals surface area (Å²) in [6, 6.07) is 56.1. The number of phenolic OH excluding ortho intramolecular Hbond substituents is 3. The number of aromatic amines is 1. The topological polar surface area (TPSA) is 297 Å². The van der Waals surface area contributed by atoms with E-state index in [-0.39, 0.29) is 87.6 Å². The van der Waals surface area contributed by atoms with E-state index in [2.05, 4.69) is 75.2 Å². The number of H-pyrrole nitrogens is 1. The van der Waals surface area contributed by atoms with Crippen molar-refractivity contribution in [3.05, 3.63) is 293 Å². The molecular weight excluding hydrogens is 1550 g/mol.